The SMILES string of the molecule is CN[C@@H](Cc1ccc(C(N)=S)cc1)C(=O)OC. The molecule has 0 spiro atoms. The summed E-state index contributed by atoms with van der Waals surface area (Å²) in [4.78, 5) is 11.8. The number of carbonyl (C=O) groups excluding carboxylic acids is 1. The smallest absolute Gasteiger partial charge is 0.323 e. The molecule has 0 saturated carbocycles. The van der Waals surface area contributed by atoms with Crippen molar-refractivity contribution in [3.05, 3.63) is 35.4 Å². The van der Waals surface area contributed by atoms with Gasteiger partial charge >= 0.3 is 5.97 Å². The largest absolute Gasteiger partial charge is 0.468 e. The van der Waals surface area contributed by atoms with Crippen LogP contribution in [0.15, 0.2) is 24.3 Å². The molecule has 3 N–H and O–H groups in total. The van der Waals surface area contributed by atoms with Crippen LogP contribution >= 0.6 is 12.2 Å². The zero-order chi connectivity index (χ0) is 12.8. The number of rotatable bonds is 5. The van der Waals surface area contributed by atoms with Crippen molar-refractivity contribution in [1.29, 1.82) is 0 Å². The number of nitrogens with two attached hydrogens (primary N) is 1. The fourth-order valence-electron chi connectivity index (χ4n) is 1.49. The third-order valence-corrected chi connectivity index (χ3v) is 2.75. The van der Waals surface area contributed by atoms with Crippen molar-refractivity contribution in [2.75, 3.05) is 14.2 Å². The van der Waals surface area contributed by atoms with E-state index in [2.05, 4.69) is 5.32 Å². The lowest BCUT2D eigenvalue weighted by Crippen LogP contribution is -2.36. The van der Waals surface area contributed by atoms with E-state index >= 15 is 0 Å². The number of carbonyl (C=O) groups is 1. The number of benzene rings is 1. The Bertz CT molecular complexity index is 403. The summed E-state index contributed by atoms with van der Waals surface area (Å²) in [5.41, 5.74) is 7.35. The van der Waals surface area contributed by atoms with E-state index < -0.39 is 0 Å². The maximum Gasteiger partial charge on any atom is 0.323 e. The molecule has 0 aliphatic heterocycles. The van der Waals surface area contributed by atoms with Gasteiger partial charge in [-0.3, -0.25) is 4.79 Å². The van der Waals surface area contributed by atoms with Crippen LogP contribution in [0.5, 0.6) is 0 Å². The molecular formula is C12H16N2O2S. The van der Waals surface area contributed by atoms with E-state index in [0.29, 0.717) is 11.4 Å². The third-order valence-electron chi connectivity index (χ3n) is 2.51. The van der Waals surface area contributed by atoms with Crippen LogP contribution in [0, 0.1) is 0 Å². The Morgan fingerprint density at radius 1 is 1.47 bits per heavy atom. The Labute approximate surface area is 106 Å². The lowest BCUT2D eigenvalue weighted by Gasteiger charge is -2.13. The number of likely N-dealkylation sites (N-methyl/N-ethyl adjacent to an activating group) is 1. The van der Waals surface area contributed by atoms with Gasteiger partial charge in [0.25, 0.3) is 0 Å². The summed E-state index contributed by atoms with van der Waals surface area (Å²) in [6.07, 6.45) is 0.570. The number of hydrogen-bond donors (Lipinski definition) is 2. The molecule has 1 aromatic rings. The summed E-state index contributed by atoms with van der Waals surface area (Å²) in [5.74, 6) is -0.272. The first kappa shape index (κ1) is 13.6. The Morgan fingerprint density at radius 2 is 2.06 bits per heavy atom. The van der Waals surface area contributed by atoms with Crippen LogP contribution in [0.1, 0.15) is 11.1 Å². The summed E-state index contributed by atoms with van der Waals surface area (Å²) >= 11 is 4.87. The molecule has 0 bridgehead atoms. The molecule has 0 aliphatic carbocycles. The Morgan fingerprint density at radius 3 is 2.47 bits per heavy atom. The zero-order valence-corrected chi connectivity index (χ0v) is 10.7. The van der Waals surface area contributed by atoms with Gasteiger partial charge in [0.1, 0.15) is 11.0 Å². The summed E-state index contributed by atoms with van der Waals surface area (Å²) in [5, 5.41) is 2.91. The van der Waals surface area contributed by atoms with Gasteiger partial charge in [0.2, 0.25) is 0 Å². The molecule has 0 aromatic heterocycles. The van der Waals surface area contributed by atoms with Crippen molar-refractivity contribution >= 4 is 23.2 Å². The number of methoxy groups -OCH3 is 1. The topological polar surface area (TPSA) is 64.3 Å². The van der Waals surface area contributed by atoms with Crippen molar-refractivity contribution in [3.8, 4) is 0 Å². The van der Waals surface area contributed by atoms with Gasteiger partial charge in [-0.15, -0.1) is 0 Å². The van der Waals surface area contributed by atoms with Crippen LogP contribution in [0.3, 0.4) is 0 Å². The molecule has 1 aromatic carbocycles. The number of esters is 1. The van der Waals surface area contributed by atoms with Gasteiger partial charge in [-0.1, -0.05) is 36.5 Å². The van der Waals surface area contributed by atoms with Gasteiger partial charge < -0.3 is 15.8 Å². The average molecular weight is 252 g/mol. The van der Waals surface area contributed by atoms with Crippen molar-refractivity contribution in [1.82, 2.24) is 5.32 Å². The molecule has 1 rings (SSSR count). The van der Waals surface area contributed by atoms with Crippen molar-refractivity contribution in [2.45, 2.75) is 12.5 Å². The van der Waals surface area contributed by atoms with E-state index in [9.17, 15) is 4.79 Å². The molecular weight excluding hydrogens is 236 g/mol. The molecule has 0 amide bonds. The monoisotopic (exact) mass is 252 g/mol. The van der Waals surface area contributed by atoms with Gasteiger partial charge in [0.05, 0.1) is 7.11 Å². The van der Waals surface area contributed by atoms with E-state index in [-0.39, 0.29) is 12.0 Å². The number of hydrogen-bond acceptors (Lipinski definition) is 4. The second-order valence-electron chi connectivity index (χ2n) is 3.63. The Hall–Kier alpha value is -1.46. The normalized spacial score (nSPS) is 11.9. The highest BCUT2D eigenvalue weighted by Crippen LogP contribution is 2.07. The van der Waals surface area contributed by atoms with Crippen molar-refractivity contribution in [3.63, 3.8) is 0 Å². The Kier molecular flexibility index (Phi) is 5.06. The summed E-state index contributed by atoms with van der Waals surface area (Å²) in [7, 11) is 3.10. The Balaban J connectivity index is 2.74. The van der Waals surface area contributed by atoms with Crippen LogP contribution in [0.25, 0.3) is 0 Å². The fraction of sp³-hybridized carbons (Fsp3) is 0.333. The second-order valence-corrected chi connectivity index (χ2v) is 4.07. The third kappa shape index (κ3) is 3.80. The molecule has 17 heavy (non-hydrogen) atoms. The summed E-state index contributed by atoms with van der Waals surface area (Å²) in [6.45, 7) is 0. The summed E-state index contributed by atoms with van der Waals surface area (Å²) < 4.78 is 4.70. The highest BCUT2D eigenvalue weighted by Gasteiger charge is 2.16. The van der Waals surface area contributed by atoms with E-state index in [0.717, 1.165) is 11.1 Å². The standard InChI is InChI=1S/C12H16N2O2S/c1-14-10(12(15)16-2)7-8-3-5-9(6-4-8)11(13)17/h3-6,10,14H,7H2,1-2H3,(H2,13,17)/t10-/m0/s1. The highest BCUT2D eigenvalue weighted by atomic mass is 32.1. The van der Waals surface area contributed by atoms with E-state index in [1.54, 1.807) is 7.05 Å². The molecule has 0 radical (unpaired) electrons. The van der Waals surface area contributed by atoms with Crippen LogP contribution in [-0.4, -0.2) is 31.2 Å². The van der Waals surface area contributed by atoms with Crippen LogP contribution < -0.4 is 11.1 Å². The quantitative estimate of drug-likeness (QED) is 0.594. The van der Waals surface area contributed by atoms with Gasteiger partial charge in [-0.05, 0) is 19.0 Å². The lowest BCUT2D eigenvalue weighted by molar-refractivity contribution is -0.142. The molecule has 0 aliphatic rings. The molecule has 1 atom stereocenters. The molecule has 0 saturated heterocycles. The van der Waals surface area contributed by atoms with Crippen molar-refractivity contribution < 1.29 is 9.53 Å². The highest BCUT2D eigenvalue weighted by molar-refractivity contribution is 7.80. The fourth-order valence-corrected chi connectivity index (χ4v) is 1.62. The molecule has 5 heteroatoms. The van der Waals surface area contributed by atoms with Crippen molar-refractivity contribution in [2.24, 2.45) is 5.73 Å². The van der Waals surface area contributed by atoms with Gasteiger partial charge in [0, 0.05) is 5.56 Å². The first-order valence-electron chi connectivity index (χ1n) is 5.22. The predicted molar refractivity (Wildman–Crippen MR) is 70.9 cm³/mol. The maximum absolute atomic E-state index is 11.4. The zero-order valence-electron chi connectivity index (χ0n) is 9.90. The van der Waals surface area contributed by atoms with Crippen LogP contribution in [0.4, 0.5) is 0 Å². The molecule has 4 nitrogen and oxygen atoms in total. The minimum atomic E-state index is -0.337. The minimum Gasteiger partial charge on any atom is -0.468 e. The van der Waals surface area contributed by atoms with Crippen LogP contribution in [-0.2, 0) is 16.0 Å². The number of nitrogens with one attached hydrogen (secondary N) is 1. The van der Waals surface area contributed by atoms with E-state index in [1.165, 1.54) is 7.11 Å². The van der Waals surface area contributed by atoms with E-state index in [1.807, 2.05) is 24.3 Å². The predicted octanol–water partition coefficient (Wildman–Crippen LogP) is 0.624. The first-order chi connectivity index (χ1) is 8.08. The van der Waals surface area contributed by atoms with E-state index in [4.69, 9.17) is 22.7 Å². The molecule has 0 unspecified atom stereocenters. The number of ether oxygens (including phenoxy) is 1. The summed E-state index contributed by atoms with van der Waals surface area (Å²) in [6, 6.07) is 7.17. The maximum atomic E-state index is 11.4. The molecule has 0 heterocycles. The number of thiocarbonyl (C=S) groups is 1. The van der Waals surface area contributed by atoms with Gasteiger partial charge in [0.15, 0.2) is 0 Å². The van der Waals surface area contributed by atoms with Gasteiger partial charge in [-0.2, -0.15) is 0 Å². The second kappa shape index (κ2) is 6.32. The molecule has 92 valence electrons. The van der Waals surface area contributed by atoms with Gasteiger partial charge in [-0.25, -0.2) is 0 Å². The minimum absolute atomic E-state index is 0.272. The average Bonchev–Trinajstić information content (AvgIpc) is 2.35. The van der Waals surface area contributed by atoms with Crippen LogP contribution in [0.2, 0.25) is 0 Å². The lowest BCUT2D eigenvalue weighted by atomic mass is 10.0. The molecule has 0 fully saturated rings. The first-order valence-corrected chi connectivity index (χ1v) is 5.63.